The number of Topliss-reactive ketones (excluding diaryl/α,β-unsaturated/α-hetero) is 1. The van der Waals surface area contributed by atoms with E-state index in [4.69, 9.17) is 0 Å². The predicted molar refractivity (Wildman–Crippen MR) is 117 cm³/mol. The number of hydrogen-bond acceptors (Lipinski definition) is 5. The van der Waals surface area contributed by atoms with E-state index in [0.29, 0.717) is 41.3 Å². The van der Waals surface area contributed by atoms with Gasteiger partial charge in [-0.25, -0.2) is 18.3 Å². The van der Waals surface area contributed by atoms with Gasteiger partial charge in [-0.15, -0.1) is 5.10 Å². The number of nitrogens with zero attached hydrogens (tertiary/aromatic N) is 6. The highest BCUT2D eigenvalue weighted by molar-refractivity contribution is 5.94. The van der Waals surface area contributed by atoms with Crippen molar-refractivity contribution < 1.29 is 13.6 Å². The van der Waals surface area contributed by atoms with E-state index in [2.05, 4.69) is 15.2 Å². The van der Waals surface area contributed by atoms with Crippen LogP contribution >= 0.6 is 0 Å². The van der Waals surface area contributed by atoms with Crippen LogP contribution in [0.5, 0.6) is 0 Å². The number of imidazole rings is 1. The molecule has 5 rings (SSSR count). The number of ketones is 1. The molecule has 0 fully saturated rings. The lowest BCUT2D eigenvalue weighted by Gasteiger charge is -2.31. The lowest BCUT2D eigenvalue weighted by Crippen LogP contribution is -2.26. The van der Waals surface area contributed by atoms with Crippen LogP contribution in [-0.4, -0.2) is 36.7 Å². The molecule has 1 aromatic carbocycles. The number of carbonyl (C=O) groups excluding carboxylic acids is 1. The van der Waals surface area contributed by atoms with Crippen molar-refractivity contribution in [1.82, 2.24) is 24.4 Å². The highest BCUT2D eigenvalue weighted by Crippen LogP contribution is 2.40. The molecule has 3 aromatic heterocycles. The van der Waals surface area contributed by atoms with E-state index in [9.17, 15) is 13.6 Å². The van der Waals surface area contributed by atoms with Gasteiger partial charge < -0.3 is 4.90 Å². The summed E-state index contributed by atoms with van der Waals surface area (Å²) in [6.07, 6.45) is 4.24. The Labute approximate surface area is 183 Å². The Kier molecular flexibility index (Phi) is 4.96. The van der Waals surface area contributed by atoms with E-state index in [0.717, 1.165) is 24.1 Å². The second-order valence-electron chi connectivity index (χ2n) is 7.91. The zero-order chi connectivity index (χ0) is 22.4. The van der Waals surface area contributed by atoms with Crippen LogP contribution in [0.1, 0.15) is 47.8 Å². The Morgan fingerprint density at radius 3 is 2.78 bits per heavy atom. The average Bonchev–Trinajstić information content (AvgIpc) is 3.43. The number of rotatable bonds is 5. The molecule has 1 aliphatic heterocycles. The number of alkyl halides is 2. The van der Waals surface area contributed by atoms with Crippen molar-refractivity contribution in [2.75, 3.05) is 11.4 Å². The third-order valence-corrected chi connectivity index (χ3v) is 5.85. The second kappa shape index (κ2) is 7.81. The molecular formula is C23H22F2N6O. The largest absolute Gasteiger partial charge is 0.325 e. The van der Waals surface area contributed by atoms with Crippen LogP contribution in [0.3, 0.4) is 0 Å². The number of carbonyl (C=O) groups is 1. The topological polar surface area (TPSA) is 68.3 Å². The summed E-state index contributed by atoms with van der Waals surface area (Å²) >= 11 is 0. The molecule has 7 nitrogen and oxygen atoms in total. The molecule has 0 unspecified atom stereocenters. The number of aryl methyl sites for hydroxylation is 2. The number of hydrogen-bond donors (Lipinski definition) is 0. The summed E-state index contributed by atoms with van der Waals surface area (Å²) in [5, 5.41) is 8.78. The smallest absolute Gasteiger partial charge is 0.264 e. The maximum Gasteiger partial charge on any atom is 0.264 e. The average molecular weight is 436 g/mol. The normalized spacial score (nSPS) is 13.7. The van der Waals surface area contributed by atoms with Crippen LogP contribution in [0.4, 0.5) is 20.3 Å². The van der Waals surface area contributed by atoms with Crippen LogP contribution in [0.2, 0.25) is 0 Å². The fraction of sp³-hybridized carbons (Fsp3) is 0.304. The van der Waals surface area contributed by atoms with Gasteiger partial charge in [0, 0.05) is 43.0 Å². The van der Waals surface area contributed by atoms with Crippen molar-refractivity contribution in [2.24, 2.45) is 7.05 Å². The molecule has 0 aliphatic carbocycles. The molecule has 0 saturated heterocycles. The SMILES string of the molecule is CCC(=O)c1cnc2ccc(N3CCCc4cc(-c5cnn(C)c5)c(C(F)F)cc43)nn12. The molecule has 4 heterocycles. The van der Waals surface area contributed by atoms with Gasteiger partial charge in [0.2, 0.25) is 0 Å². The molecule has 32 heavy (non-hydrogen) atoms. The van der Waals surface area contributed by atoms with Crippen LogP contribution in [-0.2, 0) is 13.5 Å². The minimum Gasteiger partial charge on any atom is -0.325 e. The van der Waals surface area contributed by atoms with Crippen molar-refractivity contribution in [3.63, 3.8) is 0 Å². The van der Waals surface area contributed by atoms with Gasteiger partial charge in [0.05, 0.1) is 12.4 Å². The summed E-state index contributed by atoms with van der Waals surface area (Å²) in [7, 11) is 1.77. The van der Waals surface area contributed by atoms with E-state index >= 15 is 0 Å². The van der Waals surface area contributed by atoms with Gasteiger partial charge in [0.15, 0.2) is 17.2 Å². The first-order chi connectivity index (χ1) is 15.5. The zero-order valence-electron chi connectivity index (χ0n) is 17.8. The second-order valence-corrected chi connectivity index (χ2v) is 7.91. The molecule has 0 saturated carbocycles. The van der Waals surface area contributed by atoms with Crippen molar-refractivity contribution >= 4 is 22.9 Å². The fourth-order valence-corrected chi connectivity index (χ4v) is 4.26. The van der Waals surface area contributed by atoms with Crippen LogP contribution in [0.15, 0.2) is 42.9 Å². The third kappa shape index (κ3) is 3.34. The minimum atomic E-state index is -2.63. The predicted octanol–water partition coefficient (Wildman–Crippen LogP) is 4.74. The first-order valence-corrected chi connectivity index (χ1v) is 10.6. The summed E-state index contributed by atoms with van der Waals surface area (Å²) in [5.74, 6) is 0.540. The Hall–Kier alpha value is -3.62. The molecule has 0 spiro atoms. The van der Waals surface area contributed by atoms with Crippen molar-refractivity contribution in [3.05, 3.63) is 59.7 Å². The van der Waals surface area contributed by atoms with E-state index in [1.165, 1.54) is 10.7 Å². The summed E-state index contributed by atoms with van der Waals surface area (Å²) in [4.78, 5) is 18.5. The zero-order valence-corrected chi connectivity index (χ0v) is 17.8. The maximum absolute atomic E-state index is 14.1. The van der Waals surface area contributed by atoms with Gasteiger partial charge in [-0.1, -0.05) is 6.92 Å². The van der Waals surface area contributed by atoms with E-state index in [1.807, 2.05) is 17.0 Å². The highest BCUT2D eigenvalue weighted by atomic mass is 19.3. The van der Waals surface area contributed by atoms with E-state index < -0.39 is 6.43 Å². The van der Waals surface area contributed by atoms with Gasteiger partial charge in [-0.3, -0.25) is 9.48 Å². The van der Waals surface area contributed by atoms with Crippen molar-refractivity contribution in [1.29, 1.82) is 0 Å². The first-order valence-electron chi connectivity index (χ1n) is 10.6. The summed E-state index contributed by atoms with van der Waals surface area (Å²) in [6.45, 7) is 2.43. The molecule has 0 N–H and O–H groups in total. The Bertz CT molecular complexity index is 1330. The molecule has 1 aliphatic rings. The number of benzene rings is 1. The van der Waals surface area contributed by atoms with Crippen LogP contribution < -0.4 is 4.90 Å². The number of anilines is 2. The van der Waals surface area contributed by atoms with Crippen LogP contribution in [0.25, 0.3) is 16.8 Å². The first kappa shape index (κ1) is 20.3. The Morgan fingerprint density at radius 2 is 2.06 bits per heavy atom. The van der Waals surface area contributed by atoms with Gasteiger partial charge in [0.25, 0.3) is 6.43 Å². The lowest BCUT2D eigenvalue weighted by molar-refractivity contribution is 0.0981. The van der Waals surface area contributed by atoms with Crippen LogP contribution in [0, 0.1) is 0 Å². The molecule has 0 atom stereocenters. The maximum atomic E-state index is 14.1. The Morgan fingerprint density at radius 1 is 1.22 bits per heavy atom. The van der Waals surface area contributed by atoms with Crippen molar-refractivity contribution in [3.8, 4) is 11.1 Å². The Balaban J connectivity index is 1.63. The summed E-state index contributed by atoms with van der Waals surface area (Å²) in [6, 6.07) is 7.02. The van der Waals surface area contributed by atoms with Gasteiger partial charge >= 0.3 is 0 Å². The molecule has 0 radical (unpaired) electrons. The fourth-order valence-electron chi connectivity index (χ4n) is 4.26. The third-order valence-electron chi connectivity index (χ3n) is 5.85. The monoisotopic (exact) mass is 436 g/mol. The van der Waals surface area contributed by atoms with Gasteiger partial charge in [0.1, 0.15) is 5.69 Å². The molecule has 0 bridgehead atoms. The van der Waals surface area contributed by atoms with Gasteiger partial charge in [-0.05, 0) is 48.2 Å². The number of halogens is 2. The summed E-state index contributed by atoms with van der Waals surface area (Å²) in [5.41, 5.74) is 3.83. The molecule has 4 aromatic rings. The lowest BCUT2D eigenvalue weighted by atomic mass is 9.93. The van der Waals surface area contributed by atoms with E-state index in [-0.39, 0.29) is 11.3 Å². The summed E-state index contributed by atoms with van der Waals surface area (Å²) < 4.78 is 31.3. The number of fused-ring (bicyclic) bond motifs is 2. The highest BCUT2D eigenvalue weighted by Gasteiger charge is 2.26. The quantitative estimate of drug-likeness (QED) is 0.423. The standard InChI is InChI=1S/C23H22F2N6O/c1-3-20(32)19-12-26-21-6-7-22(28-31(19)21)30-8-4-5-14-9-16(15-11-27-29(2)13-15)17(23(24)25)10-18(14)30/h6-7,9-13,23H,3-5,8H2,1-2H3. The molecular weight excluding hydrogens is 414 g/mol. The number of aromatic nitrogens is 5. The molecule has 9 heteroatoms. The van der Waals surface area contributed by atoms with E-state index in [1.54, 1.807) is 43.2 Å². The van der Waals surface area contributed by atoms with Gasteiger partial charge in [-0.2, -0.15) is 5.10 Å². The van der Waals surface area contributed by atoms with Crippen molar-refractivity contribution in [2.45, 2.75) is 32.6 Å². The minimum absolute atomic E-state index is 0.0331. The molecule has 164 valence electrons. The molecule has 0 amide bonds.